The summed E-state index contributed by atoms with van der Waals surface area (Å²) < 4.78 is 18.5. The summed E-state index contributed by atoms with van der Waals surface area (Å²) in [5.74, 6) is 0.0812. The van der Waals surface area contributed by atoms with Crippen molar-refractivity contribution in [2.75, 3.05) is 13.2 Å². The lowest BCUT2D eigenvalue weighted by Crippen LogP contribution is -2.45. The average Bonchev–Trinajstić information content (AvgIpc) is 2.88. The van der Waals surface area contributed by atoms with Crippen molar-refractivity contribution in [3.63, 3.8) is 0 Å². The fourth-order valence-electron chi connectivity index (χ4n) is 3.40. The Kier molecular flexibility index (Phi) is 5.44. The van der Waals surface area contributed by atoms with Crippen molar-refractivity contribution in [3.8, 4) is 5.75 Å². The molecule has 1 unspecified atom stereocenters. The number of hydrogen-bond acceptors (Lipinski definition) is 3. The van der Waals surface area contributed by atoms with Crippen LogP contribution < -0.4 is 10.1 Å². The Morgan fingerprint density at radius 1 is 1.07 bits per heavy atom. The second-order valence-electron chi connectivity index (χ2n) is 7.06. The molecule has 142 valence electrons. The highest BCUT2D eigenvalue weighted by molar-refractivity contribution is 6.07. The smallest absolute Gasteiger partial charge is 0.325 e. The minimum atomic E-state index is -1.05. The van der Waals surface area contributed by atoms with Crippen LogP contribution in [0.2, 0.25) is 0 Å². The highest BCUT2D eigenvalue weighted by Crippen LogP contribution is 2.35. The van der Waals surface area contributed by atoms with Crippen molar-refractivity contribution < 1.29 is 18.7 Å². The van der Waals surface area contributed by atoms with E-state index in [1.807, 2.05) is 44.2 Å². The maximum Gasteiger partial charge on any atom is 0.325 e. The molecule has 0 spiro atoms. The van der Waals surface area contributed by atoms with E-state index in [0.29, 0.717) is 12.2 Å². The molecule has 3 amide bonds. The minimum Gasteiger partial charge on any atom is -0.492 e. The number of urea groups is 1. The predicted octanol–water partition coefficient (Wildman–Crippen LogP) is 3.70. The molecule has 1 fully saturated rings. The molecule has 27 heavy (non-hydrogen) atoms. The molecule has 5 nitrogen and oxygen atoms in total. The fourth-order valence-corrected chi connectivity index (χ4v) is 3.40. The van der Waals surface area contributed by atoms with Gasteiger partial charge in [-0.05, 0) is 42.2 Å². The van der Waals surface area contributed by atoms with Gasteiger partial charge in [0.05, 0.1) is 6.54 Å². The molecule has 2 aromatic carbocycles. The third-order valence-electron chi connectivity index (χ3n) is 4.55. The Balaban J connectivity index is 1.74. The number of nitrogens with one attached hydrogen (secondary N) is 1. The van der Waals surface area contributed by atoms with Crippen molar-refractivity contribution in [2.24, 2.45) is 5.92 Å². The van der Waals surface area contributed by atoms with Crippen LogP contribution in [-0.4, -0.2) is 30.0 Å². The summed E-state index contributed by atoms with van der Waals surface area (Å²) in [5.41, 5.74) is -0.276. The normalized spacial score (nSPS) is 19.5. The first kappa shape index (κ1) is 18.9. The lowest BCUT2D eigenvalue weighted by atomic mass is 9.82. The number of benzene rings is 2. The number of imide groups is 1. The SMILES string of the molecule is CC(C)CC1(c2ccccc2)NC(=O)N(CCOc2ccc(F)cc2)C1=O. The first-order valence-corrected chi connectivity index (χ1v) is 9.00. The van der Waals surface area contributed by atoms with E-state index in [0.717, 1.165) is 5.56 Å². The molecular weight excluding hydrogens is 347 g/mol. The topological polar surface area (TPSA) is 58.6 Å². The van der Waals surface area contributed by atoms with Crippen LogP contribution in [0.4, 0.5) is 9.18 Å². The lowest BCUT2D eigenvalue weighted by molar-refractivity contribution is -0.132. The molecule has 0 saturated carbocycles. The van der Waals surface area contributed by atoms with E-state index in [1.165, 1.54) is 29.2 Å². The molecule has 0 aromatic heterocycles. The number of amides is 3. The number of carbonyl (C=O) groups excluding carboxylic acids is 2. The Hall–Kier alpha value is -2.89. The van der Waals surface area contributed by atoms with Gasteiger partial charge in [0, 0.05) is 0 Å². The van der Waals surface area contributed by atoms with Gasteiger partial charge in [-0.2, -0.15) is 0 Å². The number of nitrogens with zero attached hydrogens (tertiary/aromatic N) is 1. The molecule has 1 atom stereocenters. The van der Waals surface area contributed by atoms with Crippen LogP contribution in [-0.2, 0) is 10.3 Å². The zero-order valence-electron chi connectivity index (χ0n) is 15.4. The van der Waals surface area contributed by atoms with Crippen LogP contribution in [0.1, 0.15) is 25.8 Å². The van der Waals surface area contributed by atoms with Crippen molar-refractivity contribution >= 4 is 11.9 Å². The molecular formula is C21H23FN2O3. The average molecular weight is 370 g/mol. The van der Waals surface area contributed by atoms with Crippen LogP contribution in [0.3, 0.4) is 0 Å². The highest BCUT2D eigenvalue weighted by atomic mass is 19.1. The molecule has 1 aliphatic rings. The fraction of sp³-hybridized carbons (Fsp3) is 0.333. The molecule has 1 saturated heterocycles. The number of rotatable bonds is 7. The van der Waals surface area contributed by atoms with Gasteiger partial charge in [0.25, 0.3) is 5.91 Å². The van der Waals surface area contributed by atoms with Crippen molar-refractivity contribution in [3.05, 3.63) is 66.0 Å². The minimum absolute atomic E-state index is 0.120. The van der Waals surface area contributed by atoms with Crippen LogP contribution in [0.5, 0.6) is 5.75 Å². The number of hydrogen-bond donors (Lipinski definition) is 1. The van der Waals surface area contributed by atoms with Gasteiger partial charge in [0.2, 0.25) is 0 Å². The van der Waals surface area contributed by atoms with Gasteiger partial charge < -0.3 is 10.1 Å². The molecule has 0 bridgehead atoms. The summed E-state index contributed by atoms with van der Waals surface area (Å²) >= 11 is 0. The van der Waals surface area contributed by atoms with E-state index in [-0.39, 0.29) is 30.8 Å². The van der Waals surface area contributed by atoms with Gasteiger partial charge in [-0.15, -0.1) is 0 Å². The van der Waals surface area contributed by atoms with E-state index in [4.69, 9.17) is 4.74 Å². The zero-order valence-corrected chi connectivity index (χ0v) is 15.4. The van der Waals surface area contributed by atoms with E-state index in [1.54, 1.807) is 0 Å². The quantitative estimate of drug-likeness (QED) is 0.756. The van der Waals surface area contributed by atoms with Gasteiger partial charge >= 0.3 is 6.03 Å². The largest absolute Gasteiger partial charge is 0.492 e. The first-order chi connectivity index (χ1) is 12.9. The maximum absolute atomic E-state index is 13.2. The van der Waals surface area contributed by atoms with E-state index in [9.17, 15) is 14.0 Å². The summed E-state index contributed by atoms with van der Waals surface area (Å²) in [5, 5.41) is 2.90. The summed E-state index contributed by atoms with van der Waals surface area (Å²) in [6.07, 6.45) is 0.511. The molecule has 1 N–H and O–H groups in total. The van der Waals surface area contributed by atoms with Gasteiger partial charge in [0.1, 0.15) is 23.7 Å². The van der Waals surface area contributed by atoms with Crippen molar-refractivity contribution in [2.45, 2.75) is 25.8 Å². The standard InChI is InChI=1S/C21H23FN2O3/c1-15(2)14-21(16-6-4-3-5-7-16)19(25)24(20(26)23-21)12-13-27-18-10-8-17(22)9-11-18/h3-11,15H,12-14H2,1-2H3,(H,23,26). The van der Waals surface area contributed by atoms with E-state index >= 15 is 0 Å². The van der Waals surface area contributed by atoms with Crippen LogP contribution in [0, 0.1) is 11.7 Å². The monoisotopic (exact) mass is 370 g/mol. The molecule has 1 aliphatic heterocycles. The van der Waals surface area contributed by atoms with E-state index < -0.39 is 11.6 Å². The number of halogens is 1. The predicted molar refractivity (Wildman–Crippen MR) is 99.7 cm³/mol. The van der Waals surface area contributed by atoms with Crippen LogP contribution >= 0.6 is 0 Å². The molecule has 2 aromatic rings. The number of ether oxygens (including phenoxy) is 1. The van der Waals surface area contributed by atoms with Crippen LogP contribution in [0.15, 0.2) is 54.6 Å². The first-order valence-electron chi connectivity index (χ1n) is 9.00. The van der Waals surface area contributed by atoms with Gasteiger partial charge in [-0.25, -0.2) is 9.18 Å². The molecule has 6 heteroatoms. The maximum atomic E-state index is 13.2. The van der Waals surface area contributed by atoms with Gasteiger partial charge in [-0.1, -0.05) is 44.2 Å². The Morgan fingerprint density at radius 3 is 2.37 bits per heavy atom. The Morgan fingerprint density at radius 2 is 1.74 bits per heavy atom. The Labute approximate surface area is 158 Å². The third-order valence-corrected chi connectivity index (χ3v) is 4.55. The summed E-state index contributed by atoms with van der Waals surface area (Å²) in [6, 6.07) is 14.5. The summed E-state index contributed by atoms with van der Waals surface area (Å²) in [6.45, 7) is 4.29. The van der Waals surface area contributed by atoms with Crippen molar-refractivity contribution in [1.82, 2.24) is 10.2 Å². The van der Waals surface area contributed by atoms with Crippen molar-refractivity contribution in [1.29, 1.82) is 0 Å². The van der Waals surface area contributed by atoms with Gasteiger partial charge in [-0.3, -0.25) is 9.69 Å². The van der Waals surface area contributed by atoms with E-state index in [2.05, 4.69) is 5.32 Å². The zero-order chi connectivity index (χ0) is 19.4. The molecule has 3 rings (SSSR count). The third kappa shape index (κ3) is 3.94. The van der Waals surface area contributed by atoms with Crippen LogP contribution in [0.25, 0.3) is 0 Å². The molecule has 0 radical (unpaired) electrons. The summed E-state index contributed by atoms with van der Waals surface area (Å²) in [7, 11) is 0. The number of carbonyl (C=O) groups is 2. The second-order valence-corrected chi connectivity index (χ2v) is 7.06. The second kappa shape index (κ2) is 7.78. The Bertz CT molecular complexity index is 808. The molecule has 1 heterocycles. The molecule has 0 aliphatic carbocycles. The highest BCUT2D eigenvalue weighted by Gasteiger charge is 2.52. The van der Waals surface area contributed by atoms with Gasteiger partial charge in [0.15, 0.2) is 0 Å². The lowest BCUT2D eigenvalue weighted by Gasteiger charge is -2.29. The summed E-state index contributed by atoms with van der Waals surface area (Å²) in [4.78, 5) is 26.9.